The Labute approximate surface area is 124 Å². The lowest BCUT2D eigenvalue weighted by atomic mass is 10.1. The van der Waals surface area contributed by atoms with E-state index in [1.165, 1.54) is 6.07 Å². The van der Waals surface area contributed by atoms with Crippen molar-refractivity contribution in [1.82, 2.24) is 0 Å². The molecule has 2 rings (SSSR count). The lowest BCUT2D eigenvalue weighted by molar-refractivity contribution is 0.185. The molecule has 106 valence electrons. The Balaban J connectivity index is 2.11. The molecule has 0 bridgehead atoms. The first kappa shape index (κ1) is 14.9. The van der Waals surface area contributed by atoms with Gasteiger partial charge < -0.3 is 10.1 Å². The van der Waals surface area contributed by atoms with Crippen molar-refractivity contribution in [1.29, 1.82) is 0 Å². The zero-order valence-electron chi connectivity index (χ0n) is 10.9. The SMILES string of the molecule is COCc1cccc(CNc2c(F)cc(F)cc2Br)c1. The van der Waals surface area contributed by atoms with Crippen LogP contribution in [0.15, 0.2) is 40.9 Å². The van der Waals surface area contributed by atoms with E-state index in [0.29, 0.717) is 17.6 Å². The topological polar surface area (TPSA) is 21.3 Å². The van der Waals surface area contributed by atoms with Gasteiger partial charge in [-0.15, -0.1) is 0 Å². The summed E-state index contributed by atoms with van der Waals surface area (Å²) in [5.41, 5.74) is 2.30. The lowest BCUT2D eigenvalue weighted by Gasteiger charge is -2.11. The number of benzene rings is 2. The zero-order chi connectivity index (χ0) is 14.5. The Kier molecular flexibility index (Phi) is 5.09. The highest BCUT2D eigenvalue weighted by molar-refractivity contribution is 9.10. The molecule has 0 aliphatic rings. The zero-order valence-corrected chi connectivity index (χ0v) is 12.5. The molecule has 0 radical (unpaired) electrons. The van der Waals surface area contributed by atoms with Crippen molar-refractivity contribution in [2.75, 3.05) is 12.4 Å². The maximum absolute atomic E-state index is 13.7. The number of ether oxygens (including phenoxy) is 1. The largest absolute Gasteiger partial charge is 0.380 e. The first-order chi connectivity index (χ1) is 9.60. The summed E-state index contributed by atoms with van der Waals surface area (Å²) >= 11 is 3.15. The molecule has 20 heavy (non-hydrogen) atoms. The van der Waals surface area contributed by atoms with Crippen LogP contribution < -0.4 is 5.32 Å². The number of halogens is 3. The van der Waals surface area contributed by atoms with Crippen LogP contribution in [0.25, 0.3) is 0 Å². The predicted molar refractivity (Wildman–Crippen MR) is 78.5 cm³/mol. The van der Waals surface area contributed by atoms with Crippen molar-refractivity contribution in [2.45, 2.75) is 13.2 Å². The van der Waals surface area contributed by atoms with Gasteiger partial charge >= 0.3 is 0 Å². The van der Waals surface area contributed by atoms with Crippen molar-refractivity contribution < 1.29 is 13.5 Å². The van der Waals surface area contributed by atoms with Crippen molar-refractivity contribution in [2.24, 2.45) is 0 Å². The second-order valence-corrected chi connectivity index (χ2v) is 5.21. The van der Waals surface area contributed by atoms with E-state index in [1.54, 1.807) is 7.11 Å². The Bertz CT molecular complexity index is 581. The molecular weight excluding hydrogens is 328 g/mol. The fourth-order valence-electron chi connectivity index (χ4n) is 1.90. The normalized spacial score (nSPS) is 10.6. The molecule has 5 heteroatoms. The first-order valence-corrected chi connectivity index (χ1v) is 6.84. The number of anilines is 1. The summed E-state index contributed by atoms with van der Waals surface area (Å²) in [6.07, 6.45) is 0. The molecule has 2 aromatic carbocycles. The molecule has 0 saturated heterocycles. The number of hydrogen-bond donors (Lipinski definition) is 1. The lowest BCUT2D eigenvalue weighted by Crippen LogP contribution is -2.03. The van der Waals surface area contributed by atoms with Crippen LogP contribution in [0, 0.1) is 11.6 Å². The highest BCUT2D eigenvalue weighted by atomic mass is 79.9. The van der Waals surface area contributed by atoms with Gasteiger partial charge in [0.15, 0.2) is 0 Å². The summed E-state index contributed by atoms with van der Waals surface area (Å²) in [6, 6.07) is 9.87. The third kappa shape index (κ3) is 3.77. The van der Waals surface area contributed by atoms with Gasteiger partial charge in [0.1, 0.15) is 11.6 Å². The van der Waals surface area contributed by atoms with Crippen molar-refractivity contribution in [3.05, 3.63) is 63.6 Å². The fourth-order valence-corrected chi connectivity index (χ4v) is 2.45. The molecule has 0 aliphatic carbocycles. The fraction of sp³-hybridized carbons (Fsp3) is 0.200. The predicted octanol–water partition coefficient (Wildman–Crippen LogP) is 4.49. The summed E-state index contributed by atoms with van der Waals surface area (Å²) in [7, 11) is 1.63. The number of rotatable bonds is 5. The third-order valence-electron chi connectivity index (χ3n) is 2.78. The van der Waals surface area contributed by atoms with Crippen molar-refractivity contribution in [3.8, 4) is 0 Å². The maximum Gasteiger partial charge on any atom is 0.150 e. The molecule has 0 atom stereocenters. The van der Waals surface area contributed by atoms with E-state index < -0.39 is 11.6 Å². The quantitative estimate of drug-likeness (QED) is 0.865. The molecule has 0 heterocycles. The van der Waals surface area contributed by atoms with Crippen LogP contribution in [-0.2, 0) is 17.9 Å². The van der Waals surface area contributed by atoms with Gasteiger partial charge in [-0.25, -0.2) is 8.78 Å². The van der Waals surface area contributed by atoms with Gasteiger partial charge in [0.25, 0.3) is 0 Å². The molecule has 0 saturated carbocycles. The van der Waals surface area contributed by atoms with Gasteiger partial charge in [-0.05, 0) is 33.1 Å². The summed E-state index contributed by atoms with van der Waals surface area (Å²) in [5.74, 6) is -1.23. The smallest absolute Gasteiger partial charge is 0.150 e. The second-order valence-electron chi connectivity index (χ2n) is 4.35. The van der Waals surface area contributed by atoms with Crippen molar-refractivity contribution in [3.63, 3.8) is 0 Å². The second kappa shape index (κ2) is 6.81. The van der Waals surface area contributed by atoms with Crippen LogP contribution in [0.4, 0.5) is 14.5 Å². The average Bonchev–Trinajstić information content (AvgIpc) is 2.38. The molecule has 0 fully saturated rings. The number of hydrogen-bond acceptors (Lipinski definition) is 2. The van der Waals surface area contributed by atoms with Gasteiger partial charge in [0.2, 0.25) is 0 Å². The van der Waals surface area contributed by atoms with E-state index in [0.717, 1.165) is 17.2 Å². The molecule has 0 unspecified atom stereocenters. The molecule has 2 aromatic rings. The van der Waals surface area contributed by atoms with Crippen LogP contribution >= 0.6 is 15.9 Å². The Morgan fingerprint density at radius 2 is 1.90 bits per heavy atom. The van der Waals surface area contributed by atoms with E-state index in [4.69, 9.17) is 4.74 Å². The molecular formula is C15H14BrF2NO. The molecule has 0 spiro atoms. The van der Waals surface area contributed by atoms with Gasteiger partial charge in [-0.2, -0.15) is 0 Å². The number of nitrogens with one attached hydrogen (secondary N) is 1. The standard InChI is InChI=1S/C15H14BrF2NO/c1-20-9-11-4-2-3-10(5-11)8-19-15-13(16)6-12(17)7-14(15)18/h2-7,19H,8-9H2,1H3. The van der Waals surface area contributed by atoms with E-state index in [-0.39, 0.29) is 5.69 Å². The van der Waals surface area contributed by atoms with Crippen LogP contribution in [0.3, 0.4) is 0 Å². The first-order valence-electron chi connectivity index (χ1n) is 6.05. The maximum atomic E-state index is 13.7. The van der Waals surface area contributed by atoms with E-state index in [9.17, 15) is 8.78 Å². The molecule has 2 nitrogen and oxygen atoms in total. The van der Waals surface area contributed by atoms with Crippen molar-refractivity contribution >= 4 is 21.6 Å². The minimum absolute atomic E-state index is 0.253. The summed E-state index contributed by atoms with van der Waals surface area (Å²) in [6.45, 7) is 0.973. The van der Waals surface area contributed by atoms with Crippen LogP contribution in [-0.4, -0.2) is 7.11 Å². The molecule has 0 aromatic heterocycles. The minimum atomic E-state index is -0.620. The van der Waals surface area contributed by atoms with E-state index in [2.05, 4.69) is 21.2 Å². The monoisotopic (exact) mass is 341 g/mol. The van der Waals surface area contributed by atoms with Gasteiger partial charge in [0.05, 0.1) is 12.3 Å². The average molecular weight is 342 g/mol. The summed E-state index contributed by atoms with van der Waals surface area (Å²) < 4.78 is 32.1. The Morgan fingerprint density at radius 1 is 1.15 bits per heavy atom. The molecule has 0 aliphatic heterocycles. The Hall–Kier alpha value is -1.46. The molecule has 1 N–H and O–H groups in total. The highest BCUT2D eigenvalue weighted by Gasteiger charge is 2.09. The van der Waals surface area contributed by atoms with Crippen LogP contribution in [0.5, 0.6) is 0 Å². The molecule has 0 amide bonds. The van der Waals surface area contributed by atoms with Crippen LogP contribution in [0.1, 0.15) is 11.1 Å². The van der Waals surface area contributed by atoms with Gasteiger partial charge in [-0.1, -0.05) is 24.3 Å². The van der Waals surface area contributed by atoms with Crippen LogP contribution in [0.2, 0.25) is 0 Å². The minimum Gasteiger partial charge on any atom is -0.380 e. The van der Waals surface area contributed by atoms with E-state index >= 15 is 0 Å². The highest BCUT2D eigenvalue weighted by Crippen LogP contribution is 2.27. The Morgan fingerprint density at radius 3 is 2.60 bits per heavy atom. The van der Waals surface area contributed by atoms with Gasteiger partial charge in [0, 0.05) is 24.2 Å². The number of methoxy groups -OCH3 is 1. The summed E-state index contributed by atoms with van der Waals surface area (Å²) in [4.78, 5) is 0. The van der Waals surface area contributed by atoms with E-state index in [1.807, 2.05) is 24.3 Å². The summed E-state index contributed by atoms with van der Waals surface area (Å²) in [5, 5.41) is 2.96. The third-order valence-corrected chi connectivity index (χ3v) is 3.40. The van der Waals surface area contributed by atoms with Gasteiger partial charge in [-0.3, -0.25) is 0 Å².